The largest absolute Gasteiger partial charge is 0.334 e. The van der Waals surface area contributed by atoms with E-state index in [0.29, 0.717) is 6.54 Å². The number of hydrogen-bond acceptors (Lipinski definition) is 4. The van der Waals surface area contributed by atoms with E-state index in [-0.39, 0.29) is 5.91 Å². The highest BCUT2D eigenvalue weighted by atomic mass is 32.1. The topological polar surface area (TPSA) is 40.6 Å². The zero-order valence-electron chi connectivity index (χ0n) is 14.9. The maximum absolute atomic E-state index is 12.6. The van der Waals surface area contributed by atoms with Crippen LogP contribution in [-0.2, 0) is 6.54 Å². The first-order valence-electron chi connectivity index (χ1n) is 9.44. The average molecular weight is 369 g/mol. The van der Waals surface area contributed by atoms with Crippen molar-refractivity contribution >= 4 is 23.5 Å². The van der Waals surface area contributed by atoms with Gasteiger partial charge < -0.3 is 9.80 Å². The second kappa shape index (κ2) is 7.72. The molecule has 1 fully saturated rings. The summed E-state index contributed by atoms with van der Waals surface area (Å²) in [6.45, 7) is 5.04. The van der Waals surface area contributed by atoms with Crippen LogP contribution in [0.25, 0.3) is 10.4 Å². The summed E-state index contributed by atoms with van der Waals surface area (Å²) in [5.41, 5.74) is 3.02. The van der Waals surface area contributed by atoms with E-state index in [1.54, 1.807) is 0 Å². The van der Waals surface area contributed by atoms with Crippen molar-refractivity contribution in [3.8, 4) is 10.4 Å². The molecule has 2 aromatic rings. The zero-order valence-corrected chi connectivity index (χ0v) is 15.8. The summed E-state index contributed by atoms with van der Waals surface area (Å²) in [5.74, 6) is 0.157. The Kier molecular flexibility index (Phi) is 5.18. The zero-order chi connectivity index (χ0) is 17.9. The molecule has 4 rings (SSSR count). The number of hydrogen-bond donors (Lipinski definition) is 0. The Bertz CT molecular complexity index is 808. The number of likely N-dealkylation sites (tertiary alicyclic amines) is 1. The predicted octanol–water partition coefficient (Wildman–Crippen LogP) is 4.06. The molecule has 0 saturated carbocycles. The molecule has 0 unspecified atom stereocenters. The van der Waals surface area contributed by atoms with Crippen molar-refractivity contribution in [2.75, 3.05) is 26.2 Å². The monoisotopic (exact) mass is 368 g/mol. The first-order valence-corrected chi connectivity index (χ1v) is 10.3. The molecule has 0 atom stereocenters. The molecular formula is C21H24N2O2S. The Labute approximate surface area is 158 Å². The van der Waals surface area contributed by atoms with E-state index < -0.39 is 0 Å². The standard InChI is InChI=1S/C21H24N2O2S/c24-15-18-6-8-20(26-18)16-5-7-19-17(13-16)14-23(21(19)25)12-4-11-22-9-2-1-3-10-22/h5-8,13,15H,1-4,9-12,14H2. The fraction of sp³-hybridized carbons (Fsp3) is 0.429. The van der Waals surface area contributed by atoms with Gasteiger partial charge in [-0.25, -0.2) is 0 Å². The Morgan fingerprint density at radius 2 is 1.88 bits per heavy atom. The van der Waals surface area contributed by atoms with E-state index >= 15 is 0 Å². The number of fused-ring (bicyclic) bond motifs is 1. The lowest BCUT2D eigenvalue weighted by Gasteiger charge is -2.27. The third-order valence-corrected chi connectivity index (χ3v) is 6.42. The maximum Gasteiger partial charge on any atom is 0.254 e. The molecule has 2 aliphatic heterocycles. The summed E-state index contributed by atoms with van der Waals surface area (Å²) in [6, 6.07) is 9.87. The molecular weight excluding hydrogens is 344 g/mol. The van der Waals surface area contributed by atoms with E-state index in [4.69, 9.17) is 0 Å². The molecule has 1 aromatic carbocycles. The minimum Gasteiger partial charge on any atom is -0.334 e. The number of carbonyl (C=O) groups excluding carboxylic acids is 2. The van der Waals surface area contributed by atoms with Crippen LogP contribution in [0, 0.1) is 0 Å². The first-order chi connectivity index (χ1) is 12.7. The van der Waals surface area contributed by atoms with Crippen molar-refractivity contribution in [1.82, 2.24) is 9.80 Å². The van der Waals surface area contributed by atoms with Gasteiger partial charge in [-0.05, 0) is 74.3 Å². The number of amides is 1. The molecule has 0 N–H and O–H groups in total. The van der Waals surface area contributed by atoms with Gasteiger partial charge in [-0.1, -0.05) is 12.5 Å². The van der Waals surface area contributed by atoms with Crippen molar-refractivity contribution in [3.63, 3.8) is 0 Å². The Morgan fingerprint density at radius 1 is 1.04 bits per heavy atom. The Morgan fingerprint density at radius 3 is 2.65 bits per heavy atom. The van der Waals surface area contributed by atoms with Gasteiger partial charge in [-0.3, -0.25) is 9.59 Å². The lowest BCUT2D eigenvalue weighted by atomic mass is 10.1. The van der Waals surface area contributed by atoms with Gasteiger partial charge in [-0.15, -0.1) is 11.3 Å². The van der Waals surface area contributed by atoms with E-state index in [1.807, 2.05) is 29.2 Å². The fourth-order valence-corrected chi connectivity index (χ4v) is 4.77. The SMILES string of the molecule is O=Cc1ccc(-c2ccc3c(c2)CN(CCCN2CCCCC2)C3=O)s1. The summed E-state index contributed by atoms with van der Waals surface area (Å²) in [6.07, 6.45) is 5.91. The van der Waals surface area contributed by atoms with Crippen LogP contribution in [0.1, 0.15) is 51.3 Å². The lowest BCUT2D eigenvalue weighted by Crippen LogP contribution is -2.33. The highest BCUT2D eigenvalue weighted by Gasteiger charge is 2.27. The van der Waals surface area contributed by atoms with Gasteiger partial charge in [0.1, 0.15) is 0 Å². The molecule has 0 spiro atoms. The number of rotatable bonds is 6. The van der Waals surface area contributed by atoms with Crippen molar-refractivity contribution in [2.24, 2.45) is 0 Å². The van der Waals surface area contributed by atoms with Gasteiger partial charge in [0.05, 0.1) is 4.88 Å². The molecule has 0 aliphatic carbocycles. The van der Waals surface area contributed by atoms with Crippen LogP contribution in [0.5, 0.6) is 0 Å². The molecule has 0 bridgehead atoms. The quantitative estimate of drug-likeness (QED) is 0.722. The molecule has 2 aliphatic rings. The van der Waals surface area contributed by atoms with Crippen LogP contribution in [0.15, 0.2) is 30.3 Å². The Balaban J connectivity index is 1.39. The van der Waals surface area contributed by atoms with Gasteiger partial charge in [0, 0.05) is 23.5 Å². The molecule has 4 nitrogen and oxygen atoms in total. The molecule has 3 heterocycles. The minimum atomic E-state index is 0.157. The number of piperidine rings is 1. The van der Waals surface area contributed by atoms with Crippen molar-refractivity contribution in [1.29, 1.82) is 0 Å². The van der Waals surface area contributed by atoms with E-state index in [2.05, 4.69) is 11.0 Å². The molecule has 0 radical (unpaired) electrons. The van der Waals surface area contributed by atoms with Gasteiger partial charge >= 0.3 is 0 Å². The first kappa shape index (κ1) is 17.4. The van der Waals surface area contributed by atoms with E-state index in [9.17, 15) is 9.59 Å². The van der Waals surface area contributed by atoms with Crippen LogP contribution >= 0.6 is 11.3 Å². The number of thiophene rings is 1. The Hall–Kier alpha value is -1.98. The van der Waals surface area contributed by atoms with Gasteiger partial charge in [-0.2, -0.15) is 0 Å². The van der Waals surface area contributed by atoms with Crippen LogP contribution in [0.3, 0.4) is 0 Å². The summed E-state index contributed by atoms with van der Waals surface area (Å²) in [4.78, 5) is 29.8. The molecule has 1 amide bonds. The molecule has 1 saturated heterocycles. The second-order valence-corrected chi connectivity index (χ2v) is 8.29. The van der Waals surface area contributed by atoms with Gasteiger partial charge in [0.25, 0.3) is 5.91 Å². The lowest BCUT2D eigenvalue weighted by molar-refractivity contribution is 0.0769. The summed E-state index contributed by atoms with van der Waals surface area (Å²) >= 11 is 1.49. The van der Waals surface area contributed by atoms with Crippen molar-refractivity contribution < 1.29 is 9.59 Å². The third-order valence-electron chi connectivity index (χ3n) is 5.36. The number of carbonyl (C=O) groups is 2. The number of nitrogens with zero attached hydrogens (tertiary/aromatic N) is 2. The average Bonchev–Trinajstić information content (AvgIpc) is 3.28. The maximum atomic E-state index is 12.6. The number of benzene rings is 1. The smallest absolute Gasteiger partial charge is 0.254 e. The van der Waals surface area contributed by atoms with Crippen molar-refractivity contribution in [3.05, 3.63) is 46.3 Å². The highest BCUT2D eigenvalue weighted by Crippen LogP contribution is 2.32. The third kappa shape index (κ3) is 3.60. The summed E-state index contributed by atoms with van der Waals surface area (Å²) in [5, 5.41) is 0. The van der Waals surface area contributed by atoms with E-state index in [1.165, 1.54) is 43.7 Å². The van der Waals surface area contributed by atoms with Crippen LogP contribution in [-0.4, -0.2) is 48.2 Å². The normalized spacial score (nSPS) is 17.5. The number of aldehydes is 1. The van der Waals surface area contributed by atoms with Gasteiger partial charge in [0.2, 0.25) is 0 Å². The molecule has 26 heavy (non-hydrogen) atoms. The highest BCUT2D eigenvalue weighted by molar-refractivity contribution is 7.17. The molecule has 1 aromatic heterocycles. The summed E-state index contributed by atoms with van der Waals surface area (Å²) < 4.78 is 0. The second-order valence-electron chi connectivity index (χ2n) is 7.17. The minimum absolute atomic E-state index is 0.157. The fourth-order valence-electron chi connectivity index (χ4n) is 3.95. The summed E-state index contributed by atoms with van der Waals surface area (Å²) in [7, 11) is 0. The van der Waals surface area contributed by atoms with E-state index in [0.717, 1.165) is 52.2 Å². The van der Waals surface area contributed by atoms with Gasteiger partial charge in [0.15, 0.2) is 6.29 Å². The predicted molar refractivity (Wildman–Crippen MR) is 105 cm³/mol. The molecule has 5 heteroatoms. The van der Waals surface area contributed by atoms with Crippen LogP contribution in [0.2, 0.25) is 0 Å². The van der Waals surface area contributed by atoms with Crippen LogP contribution < -0.4 is 0 Å². The van der Waals surface area contributed by atoms with Crippen LogP contribution in [0.4, 0.5) is 0 Å². The van der Waals surface area contributed by atoms with Crippen molar-refractivity contribution in [2.45, 2.75) is 32.2 Å². The molecule has 136 valence electrons.